The van der Waals surface area contributed by atoms with Gasteiger partial charge in [0, 0.05) is 25.3 Å². The quantitative estimate of drug-likeness (QED) is 0.856. The highest BCUT2D eigenvalue weighted by molar-refractivity contribution is 5.88. The van der Waals surface area contributed by atoms with Crippen molar-refractivity contribution in [1.82, 2.24) is 4.90 Å². The number of rotatable bonds is 5. The van der Waals surface area contributed by atoms with Gasteiger partial charge < -0.3 is 19.5 Å². The maximum absolute atomic E-state index is 13.2. The number of carboxylic acid groups (broad SMARTS) is 1. The van der Waals surface area contributed by atoms with E-state index in [1.165, 1.54) is 0 Å². The fraction of sp³-hybridized carbons (Fsp3) is 0.619. The lowest BCUT2D eigenvalue weighted by molar-refractivity contribution is -0.146. The predicted molar refractivity (Wildman–Crippen MR) is 101 cm³/mol. The smallest absolute Gasteiger partial charge is 0.309 e. The van der Waals surface area contributed by atoms with Crippen molar-refractivity contribution in [2.24, 2.45) is 11.8 Å². The maximum atomic E-state index is 13.2. The largest absolute Gasteiger partial charge is 0.496 e. The summed E-state index contributed by atoms with van der Waals surface area (Å²) in [5.74, 6) is -0.190. The third-order valence-corrected chi connectivity index (χ3v) is 6.06. The van der Waals surface area contributed by atoms with E-state index in [0.29, 0.717) is 26.1 Å². The number of benzene rings is 1. The molecule has 1 amide bonds. The molecule has 0 aliphatic carbocycles. The van der Waals surface area contributed by atoms with Crippen LogP contribution in [0.1, 0.15) is 38.7 Å². The number of nitrogens with zero attached hydrogens (tertiary/aromatic N) is 1. The molecule has 148 valence electrons. The Hall–Kier alpha value is -2.08. The monoisotopic (exact) mass is 375 g/mol. The van der Waals surface area contributed by atoms with Crippen molar-refractivity contribution < 1.29 is 24.2 Å². The Morgan fingerprint density at radius 1 is 1.19 bits per heavy atom. The third kappa shape index (κ3) is 3.81. The second kappa shape index (κ2) is 7.89. The van der Waals surface area contributed by atoms with Gasteiger partial charge in [0.2, 0.25) is 5.91 Å². The molecule has 2 aliphatic rings. The van der Waals surface area contributed by atoms with E-state index in [4.69, 9.17) is 9.47 Å². The van der Waals surface area contributed by atoms with Crippen LogP contribution in [0.4, 0.5) is 0 Å². The Morgan fingerprint density at radius 2 is 1.85 bits per heavy atom. The van der Waals surface area contributed by atoms with E-state index in [-0.39, 0.29) is 17.9 Å². The first-order valence-corrected chi connectivity index (χ1v) is 9.63. The maximum Gasteiger partial charge on any atom is 0.309 e. The van der Waals surface area contributed by atoms with Gasteiger partial charge in [-0.1, -0.05) is 18.2 Å². The summed E-state index contributed by atoms with van der Waals surface area (Å²) >= 11 is 0. The van der Waals surface area contributed by atoms with Gasteiger partial charge in [0.05, 0.1) is 24.5 Å². The van der Waals surface area contributed by atoms with Crippen LogP contribution in [0.2, 0.25) is 0 Å². The molecule has 2 aliphatic heterocycles. The Labute approximate surface area is 160 Å². The molecule has 0 aromatic heterocycles. The molecule has 6 heteroatoms. The van der Waals surface area contributed by atoms with E-state index in [1.54, 1.807) is 7.11 Å². The zero-order valence-electron chi connectivity index (χ0n) is 16.3. The molecule has 3 rings (SSSR count). The Morgan fingerprint density at radius 3 is 2.48 bits per heavy atom. The van der Waals surface area contributed by atoms with Gasteiger partial charge in [-0.2, -0.15) is 0 Å². The van der Waals surface area contributed by atoms with Crippen molar-refractivity contribution in [3.05, 3.63) is 29.8 Å². The van der Waals surface area contributed by atoms with Gasteiger partial charge in [-0.15, -0.1) is 0 Å². The topological polar surface area (TPSA) is 76.1 Å². The van der Waals surface area contributed by atoms with E-state index in [2.05, 4.69) is 0 Å². The number of amides is 1. The van der Waals surface area contributed by atoms with Crippen molar-refractivity contribution >= 4 is 11.9 Å². The van der Waals surface area contributed by atoms with Crippen LogP contribution in [0.15, 0.2) is 24.3 Å². The lowest BCUT2D eigenvalue weighted by Gasteiger charge is -2.39. The summed E-state index contributed by atoms with van der Waals surface area (Å²) in [4.78, 5) is 26.6. The van der Waals surface area contributed by atoms with Crippen LogP contribution in [0.3, 0.4) is 0 Å². The summed E-state index contributed by atoms with van der Waals surface area (Å²) in [7, 11) is 1.62. The molecule has 6 nitrogen and oxygen atoms in total. The molecule has 2 atom stereocenters. The summed E-state index contributed by atoms with van der Waals surface area (Å²) in [5, 5.41) is 9.38. The summed E-state index contributed by atoms with van der Waals surface area (Å²) in [6.45, 7) is 5.64. The standard InChI is InChI=1S/C21H29NO5/c1-21(2,16-6-4-5-7-17(16)26-3)20(25)22-11-8-14(9-12-22)18-15(19(23)24)10-13-27-18/h4-7,14-15,18H,8-13H2,1-3H3,(H,23,24)/t15?,18-/m0/s1. The molecule has 1 unspecified atom stereocenters. The van der Waals surface area contributed by atoms with Crippen molar-refractivity contribution in [3.63, 3.8) is 0 Å². The number of hydrogen-bond donors (Lipinski definition) is 1. The van der Waals surface area contributed by atoms with Crippen LogP contribution >= 0.6 is 0 Å². The lowest BCUT2D eigenvalue weighted by Crippen LogP contribution is -2.49. The van der Waals surface area contributed by atoms with Crippen molar-refractivity contribution in [2.45, 2.75) is 44.6 Å². The first-order valence-electron chi connectivity index (χ1n) is 9.63. The number of para-hydroxylation sites is 1. The van der Waals surface area contributed by atoms with Gasteiger partial charge in [-0.3, -0.25) is 9.59 Å². The first-order chi connectivity index (χ1) is 12.9. The molecule has 1 aromatic carbocycles. The number of ether oxygens (including phenoxy) is 2. The van der Waals surface area contributed by atoms with E-state index >= 15 is 0 Å². The third-order valence-electron chi connectivity index (χ3n) is 6.06. The molecule has 2 heterocycles. The number of likely N-dealkylation sites (tertiary alicyclic amines) is 1. The SMILES string of the molecule is COc1ccccc1C(C)(C)C(=O)N1CCC([C@@H]2OCCC2C(=O)O)CC1. The van der Waals surface area contributed by atoms with Gasteiger partial charge in [0.15, 0.2) is 0 Å². The Bertz CT molecular complexity index is 694. The second-order valence-corrected chi connectivity index (χ2v) is 8.02. The van der Waals surface area contributed by atoms with Crippen LogP contribution in [-0.2, 0) is 19.7 Å². The molecule has 2 saturated heterocycles. The highest BCUT2D eigenvalue weighted by atomic mass is 16.5. The molecule has 1 N–H and O–H groups in total. The molecule has 2 fully saturated rings. The number of carbonyl (C=O) groups is 2. The molecular formula is C21H29NO5. The number of piperidine rings is 1. The molecule has 0 bridgehead atoms. The predicted octanol–water partition coefficient (Wildman–Crippen LogP) is 2.70. The van der Waals surface area contributed by atoms with E-state index in [0.717, 1.165) is 24.2 Å². The average Bonchev–Trinajstić information content (AvgIpc) is 3.17. The van der Waals surface area contributed by atoms with Crippen molar-refractivity contribution in [1.29, 1.82) is 0 Å². The van der Waals surface area contributed by atoms with Gasteiger partial charge in [-0.05, 0) is 45.1 Å². The molecule has 0 spiro atoms. The van der Waals surface area contributed by atoms with E-state index in [1.807, 2.05) is 43.0 Å². The van der Waals surface area contributed by atoms with Crippen molar-refractivity contribution in [2.75, 3.05) is 26.8 Å². The fourth-order valence-corrected chi connectivity index (χ4v) is 4.44. The summed E-state index contributed by atoms with van der Waals surface area (Å²) < 4.78 is 11.2. The number of aliphatic carboxylic acids is 1. The fourth-order valence-electron chi connectivity index (χ4n) is 4.44. The van der Waals surface area contributed by atoms with Crippen LogP contribution in [-0.4, -0.2) is 54.8 Å². The normalized spacial score (nSPS) is 24.0. The number of carbonyl (C=O) groups excluding carboxylic acids is 1. The van der Waals surface area contributed by atoms with E-state index < -0.39 is 17.3 Å². The minimum absolute atomic E-state index is 0.0765. The highest BCUT2D eigenvalue weighted by Crippen LogP contribution is 2.36. The van der Waals surface area contributed by atoms with Gasteiger partial charge in [0.1, 0.15) is 5.75 Å². The number of methoxy groups -OCH3 is 1. The van der Waals surface area contributed by atoms with Gasteiger partial charge in [-0.25, -0.2) is 0 Å². The van der Waals surface area contributed by atoms with Crippen LogP contribution in [0, 0.1) is 11.8 Å². The average molecular weight is 375 g/mol. The summed E-state index contributed by atoms with van der Waals surface area (Å²) in [6.07, 6.45) is 1.92. The number of hydrogen-bond acceptors (Lipinski definition) is 4. The molecule has 27 heavy (non-hydrogen) atoms. The zero-order chi connectivity index (χ0) is 19.6. The van der Waals surface area contributed by atoms with Gasteiger partial charge in [0.25, 0.3) is 0 Å². The summed E-state index contributed by atoms with van der Waals surface area (Å²) in [5.41, 5.74) is 0.192. The van der Waals surface area contributed by atoms with Crippen LogP contribution in [0.25, 0.3) is 0 Å². The Balaban J connectivity index is 1.67. The van der Waals surface area contributed by atoms with Gasteiger partial charge >= 0.3 is 5.97 Å². The minimum atomic E-state index is -0.770. The number of carboxylic acids is 1. The summed E-state index contributed by atoms with van der Waals surface area (Å²) in [6, 6.07) is 7.63. The zero-order valence-corrected chi connectivity index (χ0v) is 16.3. The van der Waals surface area contributed by atoms with Crippen LogP contribution < -0.4 is 4.74 Å². The lowest BCUT2D eigenvalue weighted by atomic mass is 9.80. The Kier molecular flexibility index (Phi) is 5.75. The molecule has 1 aromatic rings. The van der Waals surface area contributed by atoms with E-state index in [9.17, 15) is 14.7 Å². The molecular weight excluding hydrogens is 346 g/mol. The van der Waals surface area contributed by atoms with Crippen molar-refractivity contribution in [3.8, 4) is 5.75 Å². The molecule has 0 radical (unpaired) electrons. The van der Waals surface area contributed by atoms with Crippen LogP contribution in [0.5, 0.6) is 5.75 Å². The first kappa shape index (κ1) is 19.7. The minimum Gasteiger partial charge on any atom is -0.496 e. The second-order valence-electron chi connectivity index (χ2n) is 8.02. The highest BCUT2D eigenvalue weighted by Gasteiger charge is 2.42. The molecule has 0 saturated carbocycles.